The predicted octanol–water partition coefficient (Wildman–Crippen LogP) is 3.28. The Morgan fingerprint density at radius 3 is 2.75 bits per heavy atom. The third kappa shape index (κ3) is 2.31. The number of aryl methyl sites for hydroxylation is 1. The van der Waals surface area contributed by atoms with Gasteiger partial charge in [-0.05, 0) is 40.5 Å². The highest BCUT2D eigenvalue weighted by Gasteiger charge is 2.05. The monoisotopic (exact) mass is 276 g/mol. The topological polar surface area (TPSA) is 38.9 Å². The van der Waals surface area contributed by atoms with Gasteiger partial charge in [0.15, 0.2) is 0 Å². The highest BCUT2D eigenvalue weighted by atomic mass is 79.9. The summed E-state index contributed by atoms with van der Waals surface area (Å²) in [5.41, 5.74) is 9.91. The quantitative estimate of drug-likeness (QED) is 0.914. The van der Waals surface area contributed by atoms with E-state index in [0.717, 1.165) is 21.3 Å². The zero-order valence-corrected chi connectivity index (χ0v) is 10.7. The minimum atomic E-state index is 0.514. The zero-order valence-electron chi connectivity index (χ0n) is 9.07. The Hall–Kier alpha value is -1.19. The lowest BCUT2D eigenvalue weighted by Crippen LogP contribution is -1.98. The summed E-state index contributed by atoms with van der Waals surface area (Å²) in [6.07, 6.45) is 1.82. The van der Waals surface area contributed by atoms with E-state index in [1.807, 2.05) is 18.3 Å². The molecule has 0 aliphatic rings. The van der Waals surface area contributed by atoms with Gasteiger partial charge in [0.2, 0.25) is 0 Å². The number of hydrogen-bond acceptors (Lipinski definition) is 2. The normalized spacial score (nSPS) is 10.4. The Labute approximate surface area is 104 Å². The minimum absolute atomic E-state index is 0.514. The van der Waals surface area contributed by atoms with Gasteiger partial charge in [0.25, 0.3) is 0 Å². The molecule has 2 N–H and O–H groups in total. The molecule has 0 unspecified atom stereocenters. The van der Waals surface area contributed by atoms with Gasteiger partial charge in [-0.2, -0.15) is 0 Å². The van der Waals surface area contributed by atoms with Crippen LogP contribution in [0.2, 0.25) is 0 Å². The van der Waals surface area contributed by atoms with Gasteiger partial charge >= 0.3 is 0 Å². The third-order valence-corrected chi connectivity index (χ3v) is 3.03. The molecule has 0 amide bonds. The van der Waals surface area contributed by atoms with E-state index < -0.39 is 0 Å². The molecule has 0 fully saturated rings. The van der Waals surface area contributed by atoms with E-state index in [9.17, 15) is 0 Å². The van der Waals surface area contributed by atoms with Crippen molar-refractivity contribution in [3.05, 3.63) is 52.1 Å². The largest absolute Gasteiger partial charge is 0.326 e. The molecule has 0 saturated carbocycles. The van der Waals surface area contributed by atoms with Gasteiger partial charge in [0, 0.05) is 22.8 Å². The molecule has 1 aromatic carbocycles. The Bertz CT molecular complexity index is 509. The molecule has 3 heteroatoms. The molecule has 2 aromatic rings. The molecule has 1 aromatic heterocycles. The van der Waals surface area contributed by atoms with E-state index in [1.165, 1.54) is 5.56 Å². The van der Waals surface area contributed by atoms with Gasteiger partial charge in [-0.15, -0.1) is 0 Å². The molecule has 0 aliphatic heterocycles. The van der Waals surface area contributed by atoms with Crippen LogP contribution in [-0.2, 0) is 6.54 Å². The molecule has 0 atom stereocenters. The summed E-state index contributed by atoms with van der Waals surface area (Å²) in [6.45, 7) is 2.59. The molecular formula is C13H13BrN2. The van der Waals surface area contributed by atoms with Gasteiger partial charge in [-0.25, -0.2) is 0 Å². The number of nitrogens with zero attached hydrogens (tertiary/aromatic N) is 1. The van der Waals surface area contributed by atoms with Crippen LogP contribution in [0, 0.1) is 6.92 Å². The Kier molecular flexibility index (Phi) is 3.36. The van der Waals surface area contributed by atoms with Gasteiger partial charge in [-0.3, -0.25) is 4.98 Å². The molecule has 1 heterocycles. The van der Waals surface area contributed by atoms with Gasteiger partial charge in [0.05, 0.1) is 5.69 Å². The van der Waals surface area contributed by atoms with Crippen LogP contribution < -0.4 is 5.73 Å². The Balaban J connectivity index is 2.48. The first kappa shape index (κ1) is 11.3. The number of hydrogen-bond donors (Lipinski definition) is 1. The molecule has 16 heavy (non-hydrogen) atoms. The van der Waals surface area contributed by atoms with E-state index >= 15 is 0 Å². The van der Waals surface area contributed by atoms with Crippen molar-refractivity contribution in [3.63, 3.8) is 0 Å². The second-order valence-electron chi connectivity index (χ2n) is 3.75. The van der Waals surface area contributed by atoms with Crippen molar-refractivity contribution >= 4 is 15.9 Å². The van der Waals surface area contributed by atoms with Crippen molar-refractivity contribution < 1.29 is 0 Å². The van der Waals surface area contributed by atoms with Crippen molar-refractivity contribution in [2.45, 2.75) is 13.5 Å². The lowest BCUT2D eigenvalue weighted by Gasteiger charge is -2.06. The van der Waals surface area contributed by atoms with E-state index in [2.05, 4.69) is 46.0 Å². The highest BCUT2D eigenvalue weighted by molar-refractivity contribution is 9.10. The van der Waals surface area contributed by atoms with E-state index in [1.54, 1.807) is 0 Å². The Morgan fingerprint density at radius 1 is 1.31 bits per heavy atom. The molecular weight excluding hydrogens is 264 g/mol. The van der Waals surface area contributed by atoms with Crippen molar-refractivity contribution in [1.29, 1.82) is 0 Å². The minimum Gasteiger partial charge on any atom is -0.326 e. The summed E-state index contributed by atoms with van der Waals surface area (Å²) in [7, 11) is 0. The zero-order chi connectivity index (χ0) is 11.5. The van der Waals surface area contributed by atoms with Gasteiger partial charge in [-0.1, -0.05) is 23.8 Å². The summed E-state index contributed by atoms with van der Waals surface area (Å²) in [4.78, 5) is 4.43. The summed E-state index contributed by atoms with van der Waals surface area (Å²) in [6, 6.07) is 10.3. The van der Waals surface area contributed by atoms with E-state index in [4.69, 9.17) is 5.73 Å². The average molecular weight is 277 g/mol. The number of benzene rings is 1. The maximum atomic E-state index is 5.57. The molecule has 82 valence electrons. The second-order valence-corrected chi connectivity index (χ2v) is 4.60. The smallest absolute Gasteiger partial charge is 0.0844 e. The van der Waals surface area contributed by atoms with Crippen molar-refractivity contribution in [2.75, 3.05) is 0 Å². The lowest BCUT2D eigenvalue weighted by molar-refractivity contribution is 1.05. The fraction of sp³-hybridized carbons (Fsp3) is 0.154. The van der Waals surface area contributed by atoms with Crippen LogP contribution in [0.3, 0.4) is 0 Å². The fourth-order valence-corrected chi connectivity index (χ4v) is 2.22. The lowest BCUT2D eigenvalue weighted by atomic mass is 10.1. The molecule has 0 saturated heterocycles. The summed E-state index contributed by atoms with van der Waals surface area (Å²) < 4.78 is 0.987. The third-order valence-electron chi connectivity index (χ3n) is 2.43. The molecule has 0 aliphatic carbocycles. The van der Waals surface area contributed by atoms with Crippen LogP contribution in [0.5, 0.6) is 0 Å². The van der Waals surface area contributed by atoms with E-state index in [-0.39, 0.29) is 0 Å². The van der Waals surface area contributed by atoms with Crippen LogP contribution in [0.25, 0.3) is 11.3 Å². The number of aromatic nitrogens is 1. The van der Waals surface area contributed by atoms with Crippen molar-refractivity contribution in [2.24, 2.45) is 5.73 Å². The first-order valence-electron chi connectivity index (χ1n) is 5.12. The summed E-state index contributed by atoms with van der Waals surface area (Å²) in [5, 5.41) is 0. The maximum Gasteiger partial charge on any atom is 0.0844 e. The second kappa shape index (κ2) is 4.76. The number of pyridine rings is 1. The first-order chi connectivity index (χ1) is 7.70. The van der Waals surface area contributed by atoms with Crippen LogP contribution in [0.1, 0.15) is 11.1 Å². The van der Waals surface area contributed by atoms with Crippen LogP contribution in [-0.4, -0.2) is 4.98 Å². The molecule has 2 nitrogen and oxygen atoms in total. The van der Waals surface area contributed by atoms with Gasteiger partial charge < -0.3 is 5.73 Å². The highest BCUT2D eigenvalue weighted by Crippen LogP contribution is 2.27. The molecule has 0 radical (unpaired) electrons. The first-order valence-corrected chi connectivity index (χ1v) is 5.91. The molecule has 0 bridgehead atoms. The van der Waals surface area contributed by atoms with Crippen molar-refractivity contribution in [3.8, 4) is 11.3 Å². The summed E-state index contributed by atoms with van der Waals surface area (Å²) >= 11 is 3.53. The fourth-order valence-electron chi connectivity index (χ4n) is 1.59. The van der Waals surface area contributed by atoms with Gasteiger partial charge in [0.1, 0.15) is 0 Å². The van der Waals surface area contributed by atoms with Crippen LogP contribution in [0.15, 0.2) is 41.0 Å². The maximum absolute atomic E-state index is 5.57. The van der Waals surface area contributed by atoms with Crippen LogP contribution >= 0.6 is 15.9 Å². The van der Waals surface area contributed by atoms with E-state index in [0.29, 0.717) is 6.54 Å². The predicted molar refractivity (Wildman–Crippen MR) is 70.0 cm³/mol. The summed E-state index contributed by atoms with van der Waals surface area (Å²) in [5.74, 6) is 0. The number of nitrogens with two attached hydrogens (primary N) is 1. The number of rotatable bonds is 2. The molecule has 0 spiro atoms. The molecule has 2 rings (SSSR count). The van der Waals surface area contributed by atoms with Crippen LogP contribution in [0.4, 0.5) is 0 Å². The standard InChI is InChI=1S/C13H13BrN2/c1-9-3-2-4-11(5-9)13-12(14)6-10(7-15)8-16-13/h2-6,8H,7,15H2,1H3. The SMILES string of the molecule is Cc1cccc(-c2ncc(CN)cc2Br)c1. The average Bonchev–Trinajstić information content (AvgIpc) is 2.28. The Morgan fingerprint density at radius 2 is 2.12 bits per heavy atom. The van der Waals surface area contributed by atoms with Crippen molar-refractivity contribution in [1.82, 2.24) is 4.98 Å². The number of halogens is 1.